The quantitative estimate of drug-likeness (QED) is 0.660. The topological polar surface area (TPSA) is 79.4 Å². The van der Waals surface area contributed by atoms with Gasteiger partial charge in [0.1, 0.15) is 0 Å². The summed E-state index contributed by atoms with van der Waals surface area (Å²) in [7, 11) is 0. The van der Waals surface area contributed by atoms with Gasteiger partial charge in [0.25, 0.3) is 0 Å². The minimum atomic E-state index is -1.50. The molecule has 0 spiro atoms. The maximum absolute atomic E-state index is 12.2. The van der Waals surface area contributed by atoms with E-state index >= 15 is 0 Å². The molecule has 6 heteroatoms. The molecule has 3 aromatic rings. The van der Waals surface area contributed by atoms with Gasteiger partial charge in [-0.05, 0) is 22.9 Å². The number of H-pyrrole nitrogens is 1. The standard InChI is InChI=1S/C12H7NO4S/c14-10-8(17-12(15)16)5-13-7-2-1-6-3-4-18-11(6)9(7)10/h1-5H,(H,13,14)(H,15,16). The number of carboxylic acid groups (broad SMARTS) is 1. The SMILES string of the molecule is O=C(O)Oc1c[nH]c2ccc3ccsc3c2c1=O. The number of aromatic nitrogens is 1. The molecule has 0 aliphatic heterocycles. The molecule has 2 N–H and O–H groups in total. The molecule has 2 heterocycles. The molecular weight excluding hydrogens is 254 g/mol. The molecule has 0 aliphatic rings. The van der Waals surface area contributed by atoms with Crippen molar-refractivity contribution in [2.75, 3.05) is 0 Å². The summed E-state index contributed by atoms with van der Waals surface area (Å²) in [5, 5.41) is 11.9. The van der Waals surface area contributed by atoms with Crippen LogP contribution in [0.25, 0.3) is 21.0 Å². The lowest BCUT2D eigenvalue weighted by Gasteiger charge is -2.02. The average Bonchev–Trinajstić information content (AvgIpc) is 2.80. The van der Waals surface area contributed by atoms with Gasteiger partial charge < -0.3 is 14.8 Å². The van der Waals surface area contributed by atoms with Gasteiger partial charge in [-0.1, -0.05) is 6.07 Å². The Morgan fingerprint density at radius 3 is 2.94 bits per heavy atom. The number of nitrogens with one attached hydrogen (secondary N) is 1. The second kappa shape index (κ2) is 3.85. The van der Waals surface area contributed by atoms with E-state index < -0.39 is 11.6 Å². The largest absolute Gasteiger partial charge is 0.511 e. The third kappa shape index (κ3) is 1.54. The highest BCUT2D eigenvalue weighted by atomic mass is 32.1. The van der Waals surface area contributed by atoms with Crippen LogP contribution in [0.5, 0.6) is 5.75 Å². The minimum Gasteiger partial charge on any atom is -0.449 e. The highest BCUT2D eigenvalue weighted by Gasteiger charge is 2.12. The van der Waals surface area contributed by atoms with Crippen LogP contribution in [0.3, 0.4) is 0 Å². The van der Waals surface area contributed by atoms with Crippen molar-refractivity contribution in [1.29, 1.82) is 0 Å². The summed E-state index contributed by atoms with van der Waals surface area (Å²) in [6.45, 7) is 0. The van der Waals surface area contributed by atoms with Gasteiger partial charge in [-0.15, -0.1) is 11.3 Å². The highest BCUT2D eigenvalue weighted by molar-refractivity contribution is 7.18. The number of benzene rings is 1. The first-order valence-corrected chi connectivity index (χ1v) is 5.97. The monoisotopic (exact) mass is 261 g/mol. The molecule has 5 nitrogen and oxygen atoms in total. The number of aromatic amines is 1. The van der Waals surface area contributed by atoms with Crippen molar-refractivity contribution >= 4 is 38.5 Å². The summed E-state index contributed by atoms with van der Waals surface area (Å²) in [6, 6.07) is 5.60. The number of thiophene rings is 1. The molecule has 0 fully saturated rings. The summed E-state index contributed by atoms with van der Waals surface area (Å²) >= 11 is 1.44. The molecule has 0 atom stereocenters. The van der Waals surface area contributed by atoms with Crippen LogP contribution in [0.2, 0.25) is 0 Å². The molecule has 0 saturated heterocycles. The molecule has 0 unspecified atom stereocenters. The van der Waals surface area contributed by atoms with Crippen LogP contribution >= 0.6 is 11.3 Å². The number of rotatable bonds is 1. The lowest BCUT2D eigenvalue weighted by Crippen LogP contribution is -2.13. The Kier molecular flexibility index (Phi) is 2.31. The average molecular weight is 261 g/mol. The molecule has 0 saturated carbocycles. The number of hydrogen-bond acceptors (Lipinski definition) is 4. The Bertz CT molecular complexity index is 818. The lowest BCUT2D eigenvalue weighted by molar-refractivity contribution is 0.144. The molecule has 3 rings (SSSR count). The van der Waals surface area contributed by atoms with Crippen LogP contribution < -0.4 is 10.2 Å². The molecule has 0 aliphatic carbocycles. The van der Waals surface area contributed by atoms with Crippen molar-refractivity contribution in [2.24, 2.45) is 0 Å². The molecule has 90 valence electrons. The fraction of sp³-hybridized carbons (Fsp3) is 0. The number of pyridine rings is 1. The van der Waals surface area contributed by atoms with E-state index in [0.717, 1.165) is 10.1 Å². The maximum Gasteiger partial charge on any atom is 0.511 e. The van der Waals surface area contributed by atoms with Crippen LogP contribution in [-0.2, 0) is 0 Å². The second-order valence-electron chi connectivity index (χ2n) is 3.68. The Hall–Kier alpha value is -2.34. The normalized spacial score (nSPS) is 10.9. The number of ether oxygens (including phenoxy) is 1. The van der Waals surface area contributed by atoms with Crippen molar-refractivity contribution in [3.05, 3.63) is 40.0 Å². The Morgan fingerprint density at radius 2 is 2.17 bits per heavy atom. The molecular formula is C12H7NO4S. The van der Waals surface area contributed by atoms with Crippen LogP contribution in [0, 0.1) is 0 Å². The molecule has 0 amide bonds. The molecule has 2 aromatic heterocycles. The van der Waals surface area contributed by atoms with E-state index in [1.807, 2.05) is 17.5 Å². The van der Waals surface area contributed by atoms with Gasteiger partial charge in [-0.25, -0.2) is 4.79 Å². The van der Waals surface area contributed by atoms with Gasteiger partial charge in [0, 0.05) is 10.9 Å². The van der Waals surface area contributed by atoms with Crippen molar-refractivity contribution in [1.82, 2.24) is 4.98 Å². The molecule has 18 heavy (non-hydrogen) atoms. The summed E-state index contributed by atoms with van der Waals surface area (Å²) in [4.78, 5) is 25.5. The maximum atomic E-state index is 12.2. The number of carbonyl (C=O) groups is 1. The molecule has 0 bridgehead atoms. The van der Waals surface area contributed by atoms with Gasteiger partial charge >= 0.3 is 6.16 Å². The van der Waals surface area contributed by atoms with E-state index in [9.17, 15) is 9.59 Å². The van der Waals surface area contributed by atoms with Crippen LogP contribution in [0.4, 0.5) is 4.79 Å². The summed E-state index contributed by atoms with van der Waals surface area (Å²) in [5.41, 5.74) is 0.242. The zero-order valence-corrected chi connectivity index (χ0v) is 9.78. The minimum absolute atomic E-state index is 0.212. The Balaban J connectivity index is 2.41. The van der Waals surface area contributed by atoms with Crippen molar-refractivity contribution in [3.8, 4) is 5.75 Å². The van der Waals surface area contributed by atoms with Gasteiger partial charge in [-0.3, -0.25) is 4.79 Å². The van der Waals surface area contributed by atoms with E-state index in [-0.39, 0.29) is 5.75 Å². The third-order valence-electron chi connectivity index (χ3n) is 2.63. The second-order valence-corrected chi connectivity index (χ2v) is 4.59. The summed E-state index contributed by atoms with van der Waals surface area (Å²) < 4.78 is 5.28. The van der Waals surface area contributed by atoms with E-state index in [1.165, 1.54) is 17.5 Å². The van der Waals surface area contributed by atoms with E-state index in [1.54, 1.807) is 6.07 Å². The zero-order valence-electron chi connectivity index (χ0n) is 8.97. The zero-order chi connectivity index (χ0) is 12.7. The number of hydrogen-bond donors (Lipinski definition) is 2. The predicted octanol–water partition coefficient (Wildman–Crippen LogP) is 2.80. The first-order chi connectivity index (χ1) is 8.66. The Labute approximate surface area is 104 Å². The van der Waals surface area contributed by atoms with E-state index in [4.69, 9.17) is 5.11 Å². The summed E-state index contributed by atoms with van der Waals surface area (Å²) in [5.74, 6) is -0.212. The first kappa shape index (κ1) is 10.8. The van der Waals surface area contributed by atoms with Crippen LogP contribution in [0.15, 0.2) is 34.6 Å². The lowest BCUT2D eigenvalue weighted by atomic mass is 10.1. The van der Waals surface area contributed by atoms with Gasteiger partial charge in [0.2, 0.25) is 5.43 Å². The van der Waals surface area contributed by atoms with Gasteiger partial charge in [0.15, 0.2) is 5.75 Å². The smallest absolute Gasteiger partial charge is 0.449 e. The van der Waals surface area contributed by atoms with Gasteiger partial charge in [0.05, 0.1) is 10.9 Å². The van der Waals surface area contributed by atoms with E-state index in [0.29, 0.717) is 10.9 Å². The first-order valence-electron chi connectivity index (χ1n) is 5.09. The van der Waals surface area contributed by atoms with Gasteiger partial charge in [-0.2, -0.15) is 0 Å². The Morgan fingerprint density at radius 1 is 1.33 bits per heavy atom. The predicted molar refractivity (Wildman–Crippen MR) is 68.6 cm³/mol. The highest BCUT2D eigenvalue weighted by Crippen LogP contribution is 2.27. The molecule has 1 aromatic carbocycles. The molecule has 0 radical (unpaired) electrons. The van der Waals surface area contributed by atoms with Crippen molar-refractivity contribution in [2.45, 2.75) is 0 Å². The third-order valence-corrected chi connectivity index (χ3v) is 3.58. The summed E-state index contributed by atoms with van der Waals surface area (Å²) in [6.07, 6.45) is -0.240. The number of fused-ring (bicyclic) bond motifs is 3. The van der Waals surface area contributed by atoms with Crippen molar-refractivity contribution < 1.29 is 14.6 Å². The fourth-order valence-electron chi connectivity index (χ4n) is 1.88. The van der Waals surface area contributed by atoms with Crippen LogP contribution in [-0.4, -0.2) is 16.2 Å². The fourth-order valence-corrected chi connectivity index (χ4v) is 2.82. The van der Waals surface area contributed by atoms with Crippen molar-refractivity contribution in [3.63, 3.8) is 0 Å². The van der Waals surface area contributed by atoms with Crippen LogP contribution in [0.1, 0.15) is 0 Å². The van der Waals surface area contributed by atoms with E-state index in [2.05, 4.69) is 9.72 Å².